The molecule has 0 radical (unpaired) electrons. The lowest BCUT2D eigenvalue weighted by molar-refractivity contribution is -0.109. The summed E-state index contributed by atoms with van der Waals surface area (Å²) in [5.41, 5.74) is 2.15. The Morgan fingerprint density at radius 3 is 2.56 bits per heavy atom. The minimum absolute atomic E-state index is 0.278. The van der Waals surface area contributed by atoms with Crippen LogP contribution in [0.1, 0.15) is 34.3 Å². The van der Waals surface area contributed by atoms with E-state index in [0.717, 1.165) is 30.3 Å². The average Bonchev–Trinajstić information content (AvgIpc) is 3.09. The van der Waals surface area contributed by atoms with Gasteiger partial charge in [0.15, 0.2) is 0 Å². The van der Waals surface area contributed by atoms with Gasteiger partial charge in [0.1, 0.15) is 6.29 Å². The molecule has 0 N–H and O–H groups in total. The van der Waals surface area contributed by atoms with Gasteiger partial charge in [-0.15, -0.1) is 0 Å². The molecule has 1 aliphatic rings. The molecule has 3 nitrogen and oxygen atoms in total. The molecule has 0 heterocycles. The van der Waals surface area contributed by atoms with E-state index in [1.165, 1.54) is 7.11 Å². The molecule has 0 spiro atoms. The Morgan fingerprint density at radius 2 is 2.12 bits per heavy atom. The smallest absolute Gasteiger partial charge is 0.338 e. The molecule has 0 amide bonds. The Labute approximate surface area is 94.4 Å². The zero-order chi connectivity index (χ0) is 11.8. The number of rotatable bonds is 3. The number of ether oxygens (including phenoxy) is 1. The highest BCUT2D eigenvalue weighted by Gasteiger charge is 2.44. The minimum Gasteiger partial charge on any atom is -0.465 e. The van der Waals surface area contributed by atoms with Gasteiger partial charge in [-0.05, 0) is 37.0 Å². The SMILES string of the molecule is COC(=O)c1ccc(C2(C=O)CC2)cc1C. The molecular weight excluding hydrogens is 204 g/mol. The van der Waals surface area contributed by atoms with Crippen LogP contribution in [0.5, 0.6) is 0 Å². The standard InChI is InChI=1S/C13H14O3/c1-9-7-10(13(8-14)5-6-13)3-4-11(9)12(15)16-2/h3-4,7-8H,5-6H2,1-2H3. The summed E-state index contributed by atoms with van der Waals surface area (Å²) in [6.45, 7) is 1.86. The lowest BCUT2D eigenvalue weighted by atomic mass is 9.94. The maximum absolute atomic E-state index is 11.4. The summed E-state index contributed by atoms with van der Waals surface area (Å²) in [6, 6.07) is 5.49. The zero-order valence-electron chi connectivity index (χ0n) is 9.45. The number of methoxy groups -OCH3 is 1. The number of carbonyl (C=O) groups excluding carboxylic acids is 2. The predicted octanol–water partition coefficient (Wildman–Crippen LogP) is 2.01. The summed E-state index contributed by atoms with van der Waals surface area (Å²) in [7, 11) is 1.36. The fourth-order valence-electron chi connectivity index (χ4n) is 1.92. The zero-order valence-corrected chi connectivity index (χ0v) is 9.45. The summed E-state index contributed by atoms with van der Waals surface area (Å²) in [5, 5.41) is 0. The first kappa shape index (κ1) is 10.9. The molecule has 3 heteroatoms. The molecule has 0 aromatic heterocycles. The van der Waals surface area contributed by atoms with Crippen molar-refractivity contribution in [3.63, 3.8) is 0 Å². The molecule has 1 aromatic carbocycles. The summed E-state index contributed by atoms with van der Waals surface area (Å²) < 4.78 is 4.68. The maximum Gasteiger partial charge on any atom is 0.338 e. The van der Waals surface area contributed by atoms with Gasteiger partial charge in [0, 0.05) is 0 Å². The average molecular weight is 218 g/mol. The quantitative estimate of drug-likeness (QED) is 0.575. The second-order valence-electron chi connectivity index (χ2n) is 4.30. The van der Waals surface area contributed by atoms with Gasteiger partial charge in [-0.2, -0.15) is 0 Å². The molecule has 2 rings (SSSR count). The normalized spacial score (nSPS) is 16.6. The molecule has 1 aliphatic carbocycles. The molecule has 0 saturated heterocycles. The Kier molecular flexibility index (Phi) is 2.54. The fourth-order valence-corrected chi connectivity index (χ4v) is 1.92. The van der Waals surface area contributed by atoms with E-state index < -0.39 is 0 Å². The van der Waals surface area contributed by atoms with E-state index in [9.17, 15) is 9.59 Å². The summed E-state index contributed by atoms with van der Waals surface area (Å²) in [5.74, 6) is -0.333. The highest BCUT2D eigenvalue weighted by Crippen LogP contribution is 2.46. The number of benzene rings is 1. The van der Waals surface area contributed by atoms with Crippen LogP contribution in [0.25, 0.3) is 0 Å². The topological polar surface area (TPSA) is 43.4 Å². The van der Waals surface area contributed by atoms with E-state index >= 15 is 0 Å². The number of hydrogen-bond acceptors (Lipinski definition) is 3. The van der Waals surface area contributed by atoms with E-state index in [1.807, 2.05) is 19.1 Å². The molecule has 0 unspecified atom stereocenters. The summed E-state index contributed by atoms with van der Waals surface area (Å²) in [4.78, 5) is 22.4. The van der Waals surface area contributed by atoms with Gasteiger partial charge in [0.2, 0.25) is 0 Å². The van der Waals surface area contributed by atoms with Gasteiger partial charge < -0.3 is 9.53 Å². The van der Waals surface area contributed by atoms with Crippen molar-refractivity contribution in [2.24, 2.45) is 0 Å². The van der Waals surface area contributed by atoms with Crippen molar-refractivity contribution in [2.75, 3.05) is 7.11 Å². The Balaban J connectivity index is 2.37. The molecule has 1 fully saturated rings. The molecule has 0 atom stereocenters. The van der Waals surface area contributed by atoms with E-state index in [-0.39, 0.29) is 11.4 Å². The van der Waals surface area contributed by atoms with E-state index in [2.05, 4.69) is 4.74 Å². The molecule has 0 aliphatic heterocycles. The number of esters is 1. The van der Waals surface area contributed by atoms with E-state index in [4.69, 9.17) is 0 Å². The van der Waals surface area contributed by atoms with Gasteiger partial charge >= 0.3 is 5.97 Å². The molecule has 1 aromatic rings. The van der Waals surface area contributed by atoms with Crippen LogP contribution in [0, 0.1) is 6.92 Å². The Bertz CT molecular complexity index is 444. The Morgan fingerprint density at radius 1 is 1.44 bits per heavy atom. The summed E-state index contributed by atoms with van der Waals surface area (Å²) in [6.07, 6.45) is 2.83. The highest BCUT2D eigenvalue weighted by atomic mass is 16.5. The minimum atomic E-state index is -0.333. The van der Waals surface area contributed by atoms with Crippen molar-refractivity contribution in [2.45, 2.75) is 25.2 Å². The first-order valence-electron chi connectivity index (χ1n) is 5.29. The van der Waals surface area contributed by atoms with Crippen LogP contribution in [0.15, 0.2) is 18.2 Å². The second-order valence-corrected chi connectivity index (χ2v) is 4.30. The molecular formula is C13H14O3. The van der Waals surface area contributed by atoms with Crippen LogP contribution in [-0.2, 0) is 14.9 Å². The van der Waals surface area contributed by atoms with E-state index in [0.29, 0.717) is 5.56 Å². The number of aryl methyl sites for hydroxylation is 1. The van der Waals surface area contributed by atoms with Crippen LogP contribution in [0.4, 0.5) is 0 Å². The lowest BCUT2D eigenvalue weighted by Crippen LogP contribution is -2.10. The number of carbonyl (C=O) groups is 2. The third-order valence-corrected chi connectivity index (χ3v) is 3.22. The van der Waals surface area contributed by atoms with Gasteiger partial charge in [0.05, 0.1) is 18.1 Å². The first-order valence-corrected chi connectivity index (χ1v) is 5.29. The van der Waals surface area contributed by atoms with Crippen molar-refractivity contribution >= 4 is 12.3 Å². The van der Waals surface area contributed by atoms with Gasteiger partial charge in [0.25, 0.3) is 0 Å². The molecule has 16 heavy (non-hydrogen) atoms. The number of hydrogen-bond donors (Lipinski definition) is 0. The molecule has 1 saturated carbocycles. The molecule has 84 valence electrons. The second kappa shape index (κ2) is 3.74. The lowest BCUT2D eigenvalue weighted by Gasteiger charge is -2.10. The van der Waals surface area contributed by atoms with Gasteiger partial charge in [-0.1, -0.05) is 12.1 Å². The maximum atomic E-state index is 11.4. The third kappa shape index (κ3) is 1.62. The van der Waals surface area contributed by atoms with Crippen LogP contribution in [0.3, 0.4) is 0 Å². The van der Waals surface area contributed by atoms with Gasteiger partial charge in [-0.3, -0.25) is 0 Å². The highest BCUT2D eigenvalue weighted by molar-refractivity contribution is 5.91. The van der Waals surface area contributed by atoms with Crippen molar-refractivity contribution in [3.05, 3.63) is 34.9 Å². The monoisotopic (exact) mass is 218 g/mol. The van der Waals surface area contributed by atoms with Crippen LogP contribution in [-0.4, -0.2) is 19.4 Å². The summed E-state index contributed by atoms with van der Waals surface area (Å²) >= 11 is 0. The first-order chi connectivity index (χ1) is 7.63. The predicted molar refractivity (Wildman–Crippen MR) is 59.5 cm³/mol. The van der Waals surface area contributed by atoms with Crippen molar-refractivity contribution in [1.29, 1.82) is 0 Å². The van der Waals surface area contributed by atoms with Crippen molar-refractivity contribution in [3.8, 4) is 0 Å². The largest absolute Gasteiger partial charge is 0.465 e. The van der Waals surface area contributed by atoms with Crippen LogP contribution < -0.4 is 0 Å². The van der Waals surface area contributed by atoms with Crippen molar-refractivity contribution < 1.29 is 14.3 Å². The van der Waals surface area contributed by atoms with E-state index in [1.54, 1.807) is 6.07 Å². The van der Waals surface area contributed by atoms with Crippen molar-refractivity contribution in [1.82, 2.24) is 0 Å². The third-order valence-electron chi connectivity index (χ3n) is 3.22. The Hall–Kier alpha value is -1.64. The van der Waals surface area contributed by atoms with Crippen LogP contribution >= 0.6 is 0 Å². The van der Waals surface area contributed by atoms with Gasteiger partial charge in [-0.25, -0.2) is 4.79 Å². The van der Waals surface area contributed by atoms with Crippen LogP contribution in [0.2, 0.25) is 0 Å². The fraction of sp³-hybridized carbons (Fsp3) is 0.385. The number of aldehydes is 1. The molecule has 0 bridgehead atoms.